The lowest BCUT2D eigenvalue weighted by Crippen LogP contribution is -2.08. The van der Waals surface area contributed by atoms with Crippen LogP contribution in [0.2, 0.25) is 0 Å². The number of ether oxygens (including phenoxy) is 1. The summed E-state index contributed by atoms with van der Waals surface area (Å²) in [5.74, 6) is 0.241. The molecule has 0 aliphatic heterocycles. The molecule has 2 N–H and O–H groups in total. The average Bonchev–Trinajstić information content (AvgIpc) is 3.00. The zero-order chi connectivity index (χ0) is 16.8. The van der Waals surface area contributed by atoms with Crippen LogP contribution in [0.3, 0.4) is 0 Å². The maximum absolute atomic E-state index is 11.8. The molecule has 0 spiro atoms. The molecule has 1 aromatic carbocycles. The number of rotatable bonds is 6. The number of hydrogen-bond acceptors (Lipinski definition) is 4. The topological polar surface area (TPSA) is 79.9 Å². The average molecular weight is 322 g/mol. The first-order valence-electron chi connectivity index (χ1n) is 7.70. The molecular formula is C18H18N4O2. The number of allylic oxidation sites excluding steroid dienone is 1. The van der Waals surface area contributed by atoms with Crippen molar-refractivity contribution < 1.29 is 9.53 Å². The van der Waals surface area contributed by atoms with Gasteiger partial charge in [-0.15, -0.1) is 0 Å². The first kappa shape index (κ1) is 15.7. The van der Waals surface area contributed by atoms with Crippen LogP contribution in [0.15, 0.2) is 55.0 Å². The minimum Gasteiger partial charge on any atom is -0.477 e. The first-order chi connectivity index (χ1) is 11.8. The number of carbonyl (C=O) groups excluding carboxylic acids is 1. The number of amides is 1. The van der Waals surface area contributed by atoms with E-state index in [0.29, 0.717) is 29.2 Å². The second-order valence-corrected chi connectivity index (χ2v) is 5.18. The van der Waals surface area contributed by atoms with E-state index >= 15 is 0 Å². The van der Waals surface area contributed by atoms with Crippen LogP contribution in [0.25, 0.3) is 11.0 Å². The smallest absolute Gasteiger partial charge is 0.248 e. The molecule has 3 aromatic rings. The van der Waals surface area contributed by atoms with Gasteiger partial charge in [-0.25, -0.2) is 9.97 Å². The minimum absolute atomic E-state index is 0.211. The lowest BCUT2D eigenvalue weighted by molar-refractivity contribution is -0.111. The zero-order valence-corrected chi connectivity index (χ0v) is 13.3. The van der Waals surface area contributed by atoms with Crippen molar-refractivity contribution in [2.45, 2.75) is 13.3 Å². The highest BCUT2D eigenvalue weighted by molar-refractivity contribution is 6.06. The van der Waals surface area contributed by atoms with Crippen molar-refractivity contribution in [1.82, 2.24) is 15.0 Å². The molecule has 0 atom stereocenters. The van der Waals surface area contributed by atoms with Gasteiger partial charge in [0.1, 0.15) is 17.4 Å². The van der Waals surface area contributed by atoms with E-state index in [1.807, 2.05) is 18.2 Å². The van der Waals surface area contributed by atoms with Crippen LogP contribution in [-0.4, -0.2) is 27.5 Å². The van der Waals surface area contributed by atoms with Crippen LogP contribution in [0.4, 0.5) is 5.69 Å². The molecule has 0 saturated carbocycles. The molecule has 2 heterocycles. The molecule has 6 nitrogen and oxygen atoms in total. The highest BCUT2D eigenvalue weighted by Gasteiger charge is 2.13. The Morgan fingerprint density at radius 1 is 1.29 bits per heavy atom. The molecule has 0 aliphatic carbocycles. The predicted octanol–water partition coefficient (Wildman–Crippen LogP) is 3.09. The highest BCUT2D eigenvalue weighted by Crippen LogP contribution is 2.29. The van der Waals surface area contributed by atoms with E-state index in [2.05, 4.69) is 32.4 Å². The third-order valence-corrected chi connectivity index (χ3v) is 3.48. The Morgan fingerprint density at radius 2 is 2.12 bits per heavy atom. The van der Waals surface area contributed by atoms with Gasteiger partial charge in [-0.2, -0.15) is 0 Å². The van der Waals surface area contributed by atoms with Gasteiger partial charge in [-0.3, -0.25) is 4.79 Å². The van der Waals surface area contributed by atoms with Crippen molar-refractivity contribution in [1.29, 1.82) is 0 Å². The zero-order valence-electron chi connectivity index (χ0n) is 13.3. The quantitative estimate of drug-likeness (QED) is 0.683. The Kier molecular flexibility index (Phi) is 4.86. The van der Waals surface area contributed by atoms with Crippen molar-refractivity contribution in [3.8, 4) is 5.88 Å². The van der Waals surface area contributed by atoms with Gasteiger partial charge in [0.2, 0.25) is 11.8 Å². The van der Waals surface area contributed by atoms with Crippen molar-refractivity contribution in [2.24, 2.45) is 0 Å². The van der Waals surface area contributed by atoms with Crippen molar-refractivity contribution >= 4 is 22.6 Å². The maximum atomic E-state index is 11.8. The normalized spacial score (nSPS) is 11.0. The van der Waals surface area contributed by atoms with Gasteiger partial charge in [0.15, 0.2) is 0 Å². The third-order valence-electron chi connectivity index (χ3n) is 3.48. The largest absolute Gasteiger partial charge is 0.477 e. The molecule has 24 heavy (non-hydrogen) atoms. The molecule has 0 radical (unpaired) electrons. The fraction of sp³-hybridized carbons (Fsp3) is 0.167. The first-order valence-corrected chi connectivity index (χ1v) is 7.70. The van der Waals surface area contributed by atoms with Gasteiger partial charge in [-0.05, 0) is 18.6 Å². The molecule has 6 heteroatoms. The predicted molar refractivity (Wildman–Crippen MR) is 93.0 cm³/mol. The SMILES string of the molecule is C/C=C/C(=O)Nc1c[nH]c2ncnc(OCCc3ccccc3)c12. The number of aromatic amines is 1. The Bertz CT molecular complexity index is 856. The number of benzene rings is 1. The van der Waals surface area contributed by atoms with Gasteiger partial charge in [-0.1, -0.05) is 36.4 Å². The summed E-state index contributed by atoms with van der Waals surface area (Å²) < 4.78 is 5.82. The number of aromatic nitrogens is 3. The molecule has 2 aromatic heterocycles. The summed E-state index contributed by atoms with van der Waals surface area (Å²) in [5, 5.41) is 3.47. The fourth-order valence-electron chi connectivity index (χ4n) is 2.38. The van der Waals surface area contributed by atoms with Crippen molar-refractivity contribution in [3.63, 3.8) is 0 Å². The molecule has 0 bridgehead atoms. The van der Waals surface area contributed by atoms with E-state index in [4.69, 9.17) is 4.74 Å². The summed E-state index contributed by atoms with van der Waals surface area (Å²) in [5.41, 5.74) is 2.41. The monoisotopic (exact) mass is 322 g/mol. The number of nitrogens with zero attached hydrogens (tertiary/aromatic N) is 2. The number of carbonyl (C=O) groups is 1. The Hall–Kier alpha value is -3.15. The van der Waals surface area contributed by atoms with Gasteiger partial charge in [0.05, 0.1) is 12.3 Å². The molecule has 122 valence electrons. The number of anilines is 1. The van der Waals surface area contributed by atoms with Gasteiger partial charge < -0.3 is 15.0 Å². The van der Waals surface area contributed by atoms with Crippen LogP contribution in [0.5, 0.6) is 5.88 Å². The molecule has 0 fully saturated rings. The van der Waals surface area contributed by atoms with E-state index in [0.717, 1.165) is 6.42 Å². The fourth-order valence-corrected chi connectivity index (χ4v) is 2.38. The third kappa shape index (κ3) is 3.60. The van der Waals surface area contributed by atoms with Crippen LogP contribution < -0.4 is 10.1 Å². The number of fused-ring (bicyclic) bond motifs is 1. The second kappa shape index (κ2) is 7.41. The Labute approximate surface area is 139 Å². The van der Waals surface area contributed by atoms with E-state index in [1.54, 1.807) is 19.2 Å². The number of hydrogen-bond donors (Lipinski definition) is 2. The van der Waals surface area contributed by atoms with Gasteiger partial charge >= 0.3 is 0 Å². The van der Waals surface area contributed by atoms with Crippen LogP contribution in [-0.2, 0) is 11.2 Å². The van der Waals surface area contributed by atoms with E-state index in [9.17, 15) is 4.79 Å². The Morgan fingerprint density at radius 3 is 2.92 bits per heavy atom. The minimum atomic E-state index is -0.211. The van der Waals surface area contributed by atoms with Gasteiger partial charge in [0.25, 0.3) is 0 Å². The second-order valence-electron chi connectivity index (χ2n) is 5.18. The van der Waals surface area contributed by atoms with Crippen molar-refractivity contribution in [3.05, 3.63) is 60.6 Å². The van der Waals surface area contributed by atoms with Gasteiger partial charge in [0, 0.05) is 12.6 Å². The summed E-state index contributed by atoms with van der Waals surface area (Å²) in [6.45, 7) is 2.28. The summed E-state index contributed by atoms with van der Waals surface area (Å²) in [6, 6.07) is 10.1. The lowest BCUT2D eigenvalue weighted by atomic mass is 10.2. The lowest BCUT2D eigenvalue weighted by Gasteiger charge is -2.08. The molecule has 1 amide bonds. The molecule has 0 saturated heterocycles. The molecular weight excluding hydrogens is 304 g/mol. The summed E-state index contributed by atoms with van der Waals surface area (Å²) in [4.78, 5) is 23.2. The van der Waals surface area contributed by atoms with Crippen LogP contribution in [0.1, 0.15) is 12.5 Å². The van der Waals surface area contributed by atoms with Crippen molar-refractivity contribution in [2.75, 3.05) is 11.9 Å². The number of nitrogens with one attached hydrogen (secondary N) is 2. The standard InChI is InChI=1S/C18H18N4O2/c1-2-6-15(23)22-14-11-19-17-16(14)18(21-12-20-17)24-10-9-13-7-4-3-5-8-13/h2-8,11-12H,9-10H2,1H3,(H,22,23)(H,19,20,21)/b6-2+. The van der Waals surface area contributed by atoms with Crippen LogP contribution in [0, 0.1) is 0 Å². The molecule has 0 aliphatic rings. The van der Waals surface area contributed by atoms with E-state index in [1.165, 1.54) is 18.0 Å². The molecule has 0 unspecified atom stereocenters. The summed E-state index contributed by atoms with van der Waals surface area (Å²) in [7, 11) is 0. The number of H-pyrrole nitrogens is 1. The molecule has 3 rings (SSSR count). The maximum Gasteiger partial charge on any atom is 0.248 e. The van der Waals surface area contributed by atoms with Crippen LogP contribution >= 0.6 is 0 Å². The van der Waals surface area contributed by atoms with E-state index < -0.39 is 0 Å². The summed E-state index contributed by atoms with van der Waals surface area (Å²) in [6.07, 6.45) is 7.03. The van der Waals surface area contributed by atoms with E-state index in [-0.39, 0.29) is 5.91 Å². The summed E-state index contributed by atoms with van der Waals surface area (Å²) >= 11 is 0. The Balaban J connectivity index is 1.77. The highest BCUT2D eigenvalue weighted by atomic mass is 16.5.